The summed E-state index contributed by atoms with van der Waals surface area (Å²) in [5.41, 5.74) is 3.78. The Labute approximate surface area is 194 Å². The van der Waals surface area contributed by atoms with Crippen molar-refractivity contribution < 1.29 is 13.2 Å². The summed E-state index contributed by atoms with van der Waals surface area (Å²) in [4.78, 5) is 18.1. The molecule has 1 aromatic heterocycles. The minimum Gasteiger partial charge on any atom is -0.317 e. The highest BCUT2D eigenvalue weighted by Gasteiger charge is 2.22. The molecule has 0 aliphatic rings. The monoisotopic (exact) mass is 473 g/mol. The van der Waals surface area contributed by atoms with Crippen LogP contribution in [0.25, 0.3) is 10.2 Å². The zero-order chi connectivity index (χ0) is 23.5. The van der Waals surface area contributed by atoms with E-state index in [1.165, 1.54) is 38.9 Å². The summed E-state index contributed by atoms with van der Waals surface area (Å²) in [7, 11) is -3.57. The van der Waals surface area contributed by atoms with Crippen LogP contribution in [0.2, 0.25) is 0 Å². The van der Waals surface area contributed by atoms with Gasteiger partial charge >= 0.3 is 0 Å². The number of thiazole rings is 1. The van der Waals surface area contributed by atoms with Gasteiger partial charge in [0.25, 0.3) is 5.91 Å². The molecule has 0 fully saturated rings. The van der Waals surface area contributed by atoms with Crippen LogP contribution in [0.1, 0.15) is 55.1 Å². The van der Waals surface area contributed by atoms with E-state index in [4.69, 9.17) is 0 Å². The molecule has 0 spiro atoms. The lowest BCUT2D eigenvalue weighted by atomic mass is 10.1. The number of hydrogen-bond donors (Lipinski definition) is 0. The van der Waals surface area contributed by atoms with Crippen molar-refractivity contribution in [2.24, 2.45) is 4.99 Å². The summed E-state index contributed by atoms with van der Waals surface area (Å²) in [6.07, 6.45) is 1.74. The molecular weight excluding hydrogens is 442 g/mol. The van der Waals surface area contributed by atoms with Gasteiger partial charge in [-0.05, 0) is 68.7 Å². The SMILES string of the molecule is CCCCN(CC)S(=O)(=O)c1ccc(C(=O)N=c2sc3c(C)cc(C)cc3n2CC)cc1. The van der Waals surface area contributed by atoms with Gasteiger partial charge < -0.3 is 4.57 Å². The first kappa shape index (κ1) is 24.4. The third kappa shape index (κ3) is 4.87. The largest absolute Gasteiger partial charge is 0.317 e. The van der Waals surface area contributed by atoms with Crippen molar-refractivity contribution in [3.63, 3.8) is 0 Å². The van der Waals surface area contributed by atoms with Gasteiger partial charge in [0.1, 0.15) is 0 Å². The number of rotatable bonds is 8. The van der Waals surface area contributed by atoms with Gasteiger partial charge in [-0.25, -0.2) is 8.42 Å². The Balaban J connectivity index is 1.95. The van der Waals surface area contributed by atoms with Crippen LogP contribution in [0.3, 0.4) is 0 Å². The molecule has 3 aromatic rings. The topological polar surface area (TPSA) is 71.7 Å². The van der Waals surface area contributed by atoms with Gasteiger partial charge in [-0.2, -0.15) is 9.30 Å². The molecule has 32 heavy (non-hydrogen) atoms. The Morgan fingerprint density at radius 2 is 1.78 bits per heavy atom. The number of benzene rings is 2. The second-order valence-corrected chi connectivity index (χ2v) is 10.8. The second-order valence-electron chi connectivity index (χ2n) is 7.85. The van der Waals surface area contributed by atoms with E-state index in [2.05, 4.69) is 31.0 Å². The van der Waals surface area contributed by atoms with E-state index in [9.17, 15) is 13.2 Å². The van der Waals surface area contributed by atoms with Gasteiger partial charge in [0.2, 0.25) is 10.0 Å². The first-order chi connectivity index (χ1) is 15.2. The lowest BCUT2D eigenvalue weighted by molar-refractivity contribution is 0.0997. The summed E-state index contributed by atoms with van der Waals surface area (Å²) in [6, 6.07) is 10.3. The van der Waals surface area contributed by atoms with Gasteiger partial charge in [0.15, 0.2) is 4.80 Å². The molecule has 1 amide bonds. The maximum absolute atomic E-state index is 12.9. The first-order valence-electron chi connectivity index (χ1n) is 11.0. The van der Waals surface area contributed by atoms with E-state index in [0.29, 0.717) is 30.0 Å². The Hall–Kier alpha value is -2.29. The van der Waals surface area contributed by atoms with Crippen LogP contribution < -0.4 is 4.80 Å². The van der Waals surface area contributed by atoms with E-state index in [1.807, 2.05) is 25.3 Å². The molecule has 0 atom stereocenters. The standard InChI is InChI=1S/C24H31N3O3S2/c1-6-9-14-26(7-2)32(29,30)20-12-10-19(11-13-20)23(28)25-24-27(8-3)21-16-17(4)15-18(5)22(21)31-24/h10-13,15-16H,6-9,14H2,1-5H3. The minimum absolute atomic E-state index is 0.198. The van der Waals surface area contributed by atoms with E-state index in [-0.39, 0.29) is 10.8 Å². The zero-order valence-electron chi connectivity index (χ0n) is 19.4. The first-order valence-corrected chi connectivity index (χ1v) is 13.3. The number of carbonyl (C=O) groups is 1. The highest BCUT2D eigenvalue weighted by molar-refractivity contribution is 7.89. The summed E-state index contributed by atoms with van der Waals surface area (Å²) < 4.78 is 30.4. The summed E-state index contributed by atoms with van der Waals surface area (Å²) in [6.45, 7) is 11.6. The quantitative estimate of drug-likeness (QED) is 0.468. The molecule has 0 saturated heterocycles. The zero-order valence-corrected chi connectivity index (χ0v) is 21.0. The molecule has 0 aliphatic heterocycles. The highest BCUT2D eigenvalue weighted by Crippen LogP contribution is 2.23. The fourth-order valence-electron chi connectivity index (χ4n) is 3.76. The van der Waals surface area contributed by atoms with Crippen LogP contribution in [-0.2, 0) is 16.6 Å². The van der Waals surface area contributed by atoms with Crippen LogP contribution in [0, 0.1) is 13.8 Å². The summed E-state index contributed by atoms with van der Waals surface area (Å²) >= 11 is 1.50. The third-order valence-corrected chi connectivity index (χ3v) is 8.70. The minimum atomic E-state index is -3.57. The van der Waals surface area contributed by atoms with Crippen molar-refractivity contribution >= 4 is 37.5 Å². The predicted octanol–water partition coefficient (Wildman–Crippen LogP) is 4.89. The number of unbranched alkanes of at least 4 members (excludes halogenated alkanes) is 1. The van der Waals surface area contributed by atoms with Gasteiger partial charge in [-0.1, -0.05) is 37.7 Å². The van der Waals surface area contributed by atoms with Crippen LogP contribution in [0.4, 0.5) is 0 Å². The van der Waals surface area contributed by atoms with E-state index in [1.54, 1.807) is 12.1 Å². The third-order valence-electron chi connectivity index (χ3n) is 5.48. The molecule has 0 unspecified atom stereocenters. The van der Waals surface area contributed by atoms with Crippen molar-refractivity contribution in [3.05, 3.63) is 57.9 Å². The van der Waals surface area contributed by atoms with E-state index >= 15 is 0 Å². The maximum Gasteiger partial charge on any atom is 0.279 e. The van der Waals surface area contributed by atoms with E-state index in [0.717, 1.165) is 23.1 Å². The smallest absolute Gasteiger partial charge is 0.279 e. The average molecular weight is 474 g/mol. The second kappa shape index (κ2) is 10.1. The number of sulfonamides is 1. The van der Waals surface area contributed by atoms with Gasteiger partial charge in [-0.15, -0.1) is 0 Å². The maximum atomic E-state index is 12.9. The molecule has 3 rings (SSSR count). The Bertz CT molecular complexity index is 1290. The molecule has 172 valence electrons. The van der Waals surface area contributed by atoms with Crippen molar-refractivity contribution in [3.8, 4) is 0 Å². The molecule has 0 radical (unpaired) electrons. The van der Waals surface area contributed by atoms with Crippen LogP contribution >= 0.6 is 11.3 Å². The predicted molar refractivity (Wildman–Crippen MR) is 131 cm³/mol. The number of fused-ring (bicyclic) bond motifs is 1. The van der Waals surface area contributed by atoms with Gasteiger partial charge in [0.05, 0.1) is 15.1 Å². The number of amides is 1. The fourth-order valence-corrected chi connectivity index (χ4v) is 6.39. The number of nitrogens with zero attached hydrogens (tertiary/aromatic N) is 3. The Morgan fingerprint density at radius 1 is 1.09 bits per heavy atom. The summed E-state index contributed by atoms with van der Waals surface area (Å²) in [5.74, 6) is -0.379. The molecule has 0 N–H and O–H groups in total. The lowest BCUT2D eigenvalue weighted by Gasteiger charge is -2.20. The van der Waals surface area contributed by atoms with Crippen molar-refractivity contribution in [1.29, 1.82) is 0 Å². The average Bonchev–Trinajstić information content (AvgIpc) is 3.11. The molecule has 0 saturated carbocycles. The number of carbonyl (C=O) groups excluding carboxylic acids is 1. The Kier molecular flexibility index (Phi) is 7.69. The van der Waals surface area contributed by atoms with Crippen LogP contribution in [0.15, 0.2) is 46.3 Å². The number of aryl methyl sites for hydroxylation is 3. The molecule has 8 heteroatoms. The number of aromatic nitrogens is 1. The van der Waals surface area contributed by atoms with Crippen molar-refractivity contribution in [1.82, 2.24) is 8.87 Å². The summed E-state index contributed by atoms with van der Waals surface area (Å²) in [5, 5.41) is 0. The molecule has 0 bridgehead atoms. The van der Waals surface area contributed by atoms with E-state index < -0.39 is 10.0 Å². The molecule has 0 aliphatic carbocycles. The highest BCUT2D eigenvalue weighted by atomic mass is 32.2. The molecular formula is C24H31N3O3S2. The lowest BCUT2D eigenvalue weighted by Crippen LogP contribution is -2.31. The van der Waals surface area contributed by atoms with Crippen molar-refractivity contribution in [2.75, 3.05) is 13.1 Å². The van der Waals surface area contributed by atoms with Crippen LogP contribution in [-0.4, -0.2) is 36.3 Å². The van der Waals surface area contributed by atoms with Gasteiger partial charge in [0, 0.05) is 25.2 Å². The van der Waals surface area contributed by atoms with Crippen LogP contribution in [0.5, 0.6) is 0 Å². The Morgan fingerprint density at radius 3 is 2.38 bits per heavy atom. The molecule has 2 aromatic carbocycles. The van der Waals surface area contributed by atoms with Gasteiger partial charge in [-0.3, -0.25) is 4.79 Å². The number of hydrogen-bond acceptors (Lipinski definition) is 4. The fraction of sp³-hybridized carbons (Fsp3) is 0.417. The molecule has 1 heterocycles. The normalized spacial score (nSPS) is 12.8. The molecule has 6 nitrogen and oxygen atoms in total. The van der Waals surface area contributed by atoms with Crippen molar-refractivity contribution in [2.45, 2.75) is 58.9 Å².